The summed E-state index contributed by atoms with van der Waals surface area (Å²) < 4.78 is 0. The second-order valence-electron chi connectivity index (χ2n) is 4.67. The number of carbonyl (C=O) groups is 1. The molecule has 0 aromatic heterocycles. The molecule has 2 atom stereocenters. The molecular formula is C13H15NO. The van der Waals surface area contributed by atoms with Crippen molar-refractivity contribution < 1.29 is 4.79 Å². The molecule has 1 aliphatic carbocycles. The Labute approximate surface area is 89.9 Å². The van der Waals surface area contributed by atoms with Gasteiger partial charge in [0.05, 0.1) is 0 Å². The second-order valence-corrected chi connectivity index (χ2v) is 4.67. The zero-order valence-corrected chi connectivity index (χ0v) is 8.94. The molecule has 0 saturated carbocycles. The molecule has 1 aliphatic heterocycles. The second kappa shape index (κ2) is 3.09. The van der Waals surface area contributed by atoms with Crippen molar-refractivity contribution in [3.8, 4) is 0 Å². The van der Waals surface area contributed by atoms with Gasteiger partial charge in [-0.05, 0) is 24.0 Å². The largest absolute Gasteiger partial charge is 0.345 e. The summed E-state index contributed by atoms with van der Waals surface area (Å²) in [4.78, 5) is 13.8. The van der Waals surface area contributed by atoms with Gasteiger partial charge in [0.2, 0.25) is 5.91 Å². The molecule has 2 aliphatic rings. The van der Waals surface area contributed by atoms with E-state index in [0.717, 1.165) is 19.4 Å². The summed E-state index contributed by atoms with van der Waals surface area (Å²) in [5.41, 5.74) is 2.85. The molecule has 2 nitrogen and oxygen atoms in total. The molecule has 1 saturated heterocycles. The highest BCUT2D eigenvalue weighted by Crippen LogP contribution is 2.41. The maximum Gasteiger partial charge on any atom is 0.226 e. The number of nitrogens with zero attached hydrogens (tertiary/aromatic N) is 1. The number of amides is 1. The van der Waals surface area contributed by atoms with Crippen molar-refractivity contribution >= 4 is 5.91 Å². The molecule has 78 valence electrons. The van der Waals surface area contributed by atoms with Crippen LogP contribution in [0.15, 0.2) is 24.3 Å². The molecule has 1 heterocycles. The Balaban J connectivity index is 2.05. The number of aryl methyl sites for hydroxylation is 1. The quantitative estimate of drug-likeness (QED) is 0.627. The van der Waals surface area contributed by atoms with Gasteiger partial charge in [-0.3, -0.25) is 4.79 Å². The third-order valence-corrected chi connectivity index (χ3v) is 3.83. The number of hydrogen-bond acceptors (Lipinski definition) is 1. The molecule has 1 amide bonds. The number of rotatable bonds is 0. The zero-order valence-electron chi connectivity index (χ0n) is 8.94. The maximum absolute atomic E-state index is 11.9. The van der Waals surface area contributed by atoms with Crippen LogP contribution in [-0.2, 0) is 11.2 Å². The van der Waals surface area contributed by atoms with Gasteiger partial charge in [-0.1, -0.05) is 24.3 Å². The Morgan fingerprint density at radius 1 is 1.27 bits per heavy atom. The molecular weight excluding hydrogens is 186 g/mol. The Morgan fingerprint density at radius 2 is 2.07 bits per heavy atom. The van der Waals surface area contributed by atoms with Crippen molar-refractivity contribution in [3.05, 3.63) is 35.4 Å². The van der Waals surface area contributed by atoms with Gasteiger partial charge >= 0.3 is 0 Å². The van der Waals surface area contributed by atoms with Crippen molar-refractivity contribution in [2.24, 2.45) is 5.92 Å². The normalized spacial score (nSPS) is 28.9. The SMILES string of the molecule is CN1C[C@H]2c3ccccc3CC[C@@H]2C1=O. The van der Waals surface area contributed by atoms with Crippen LogP contribution in [0, 0.1) is 5.92 Å². The standard InChI is InChI=1S/C13H15NO/c1-14-8-12-10-5-3-2-4-9(10)6-7-11(12)13(14)15/h2-5,11-12H,6-8H2,1H3/t11-,12-/m0/s1. The van der Waals surface area contributed by atoms with Gasteiger partial charge in [0.1, 0.15) is 0 Å². The molecule has 15 heavy (non-hydrogen) atoms. The lowest BCUT2D eigenvalue weighted by atomic mass is 9.77. The molecule has 0 N–H and O–H groups in total. The minimum atomic E-state index is 0.255. The Kier molecular flexibility index (Phi) is 1.84. The third-order valence-electron chi connectivity index (χ3n) is 3.83. The highest BCUT2D eigenvalue weighted by atomic mass is 16.2. The molecule has 0 radical (unpaired) electrons. The lowest BCUT2D eigenvalue weighted by Crippen LogP contribution is -2.24. The molecule has 1 aromatic carbocycles. The van der Waals surface area contributed by atoms with Crippen LogP contribution in [0.1, 0.15) is 23.5 Å². The van der Waals surface area contributed by atoms with Crippen LogP contribution in [0.2, 0.25) is 0 Å². The van der Waals surface area contributed by atoms with Gasteiger partial charge in [0.25, 0.3) is 0 Å². The summed E-state index contributed by atoms with van der Waals surface area (Å²) >= 11 is 0. The monoisotopic (exact) mass is 201 g/mol. The first-order chi connectivity index (χ1) is 7.27. The average molecular weight is 201 g/mol. The number of hydrogen-bond donors (Lipinski definition) is 0. The van der Waals surface area contributed by atoms with Gasteiger partial charge in [0.15, 0.2) is 0 Å². The first-order valence-corrected chi connectivity index (χ1v) is 5.60. The molecule has 1 fully saturated rings. The van der Waals surface area contributed by atoms with Gasteiger partial charge in [-0.15, -0.1) is 0 Å². The van der Waals surface area contributed by atoms with E-state index in [4.69, 9.17) is 0 Å². The van der Waals surface area contributed by atoms with Gasteiger partial charge in [-0.25, -0.2) is 0 Å². The summed E-state index contributed by atoms with van der Waals surface area (Å²) in [6, 6.07) is 8.58. The molecule has 0 unspecified atom stereocenters. The van der Waals surface area contributed by atoms with E-state index in [9.17, 15) is 4.79 Å². The first-order valence-electron chi connectivity index (χ1n) is 5.60. The topological polar surface area (TPSA) is 20.3 Å². The first kappa shape index (κ1) is 8.96. The number of benzene rings is 1. The fraction of sp³-hybridized carbons (Fsp3) is 0.462. The van der Waals surface area contributed by atoms with Crippen molar-refractivity contribution in [2.45, 2.75) is 18.8 Å². The Bertz CT molecular complexity index is 413. The van der Waals surface area contributed by atoms with E-state index >= 15 is 0 Å². The van der Waals surface area contributed by atoms with Crippen molar-refractivity contribution in [1.82, 2.24) is 4.90 Å². The third kappa shape index (κ3) is 1.21. The van der Waals surface area contributed by atoms with Crippen molar-refractivity contribution in [1.29, 1.82) is 0 Å². The molecule has 2 heteroatoms. The molecule has 1 aromatic rings. The predicted octanol–water partition coefficient (Wildman–Crippen LogP) is 1.80. The average Bonchev–Trinajstić information content (AvgIpc) is 2.56. The molecule has 3 rings (SSSR count). The van der Waals surface area contributed by atoms with E-state index in [2.05, 4.69) is 24.3 Å². The van der Waals surface area contributed by atoms with Gasteiger partial charge in [0, 0.05) is 25.4 Å². The number of likely N-dealkylation sites (N-methyl/N-ethyl adjacent to an activating group) is 1. The number of likely N-dealkylation sites (tertiary alicyclic amines) is 1. The van der Waals surface area contributed by atoms with Crippen LogP contribution in [0.3, 0.4) is 0 Å². The van der Waals surface area contributed by atoms with E-state index in [1.807, 2.05) is 11.9 Å². The Morgan fingerprint density at radius 3 is 2.93 bits per heavy atom. The summed E-state index contributed by atoms with van der Waals surface area (Å²) in [5, 5.41) is 0. The summed E-state index contributed by atoms with van der Waals surface area (Å²) in [6.45, 7) is 0.903. The lowest BCUT2D eigenvalue weighted by Gasteiger charge is -2.25. The van der Waals surface area contributed by atoms with Crippen LogP contribution in [0.4, 0.5) is 0 Å². The van der Waals surface area contributed by atoms with Crippen LogP contribution in [0.25, 0.3) is 0 Å². The zero-order chi connectivity index (χ0) is 10.4. The Hall–Kier alpha value is -1.31. The van der Waals surface area contributed by atoms with E-state index in [1.54, 1.807) is 0 Å². The van der Waals surface area contributed by atoms with E-state index < -0.39 is 0 Å². The van der Waals surface area contributed by atoms with E-state index in [0.29, 0.717) is 11.8 Å². The number of carbonyl (C=O) groups excluding carboxylic acids is 1. The number of fused-ring (bicyclic) bond motifs is 3. The van der Waals surface area contributed by atoms with E-state index in [1.165, 1.54) is 11.1 Å². The van der Waals surface area contributed by atoms with Crippen LogP contribution in [0.5, 0.6) is 0 Å². The van der Waals surface area contributed by atoms with Gasteiger partial charge < -0.3 is 4.90 Å². The highest BCUT2D eigenvalue weighted by molar-refractivity contribution is 5.82. The van der Waals surface area contributed by atoms with Crippen LogP contribution < -0.4 is 0 Å². The fourth-order valence-electron chi connectivity index (χ4n) is 3.04. The molecule has 0 bridgehead atoms. The minimum absolute atomic E-state index is 0.255. The van der Waals surface area contributed by atoms with Crippen molar-refractivity contribution in [3.63, 3.8) is 0 Å². The fourth-order valence-corrected chi connectivity index (χ4v) is 3.04. The van der Waals surface area contributed by atoms with Crippen LogP contribution >= 0.6 is 0 Å². The molecule has 0 spiro atoms. The smallest absolute Gasteiger partial charge is 0.226 e. The summed E-state index contributed by atoms with van der Waals surface area (Å²) in [7, 11) is 1.92. The van der Waals surface area contributed by atoms with Gasteiger partial charge in [-0.2, -0.15) is 0 Å². The minimum Gasteiger partial charge on any atom is -0.345 e. The van der Waals surface area contributed by atoms with Crippen molar-refractivity contribution in [2.75, 3.05) is 13.6 Å². The van der Waals surface area contributed by atoms with E-state index in [-0.39, 0.29) is 5.92 Å². The maximum atomic E-state index is 11.9. The predicted molar refractivity (Wildman–Crippen MR) is 58.6 cm³/mol. The summed E-state index contributed by atoms with van der Waals surface area (Å²) in [6.07, 6.45) is 2.10. The van der Waals surface area contributed by atoms with Crippen LogP contribution in [-0.4, -0.2) is 24.4 Å². The highest BCUT2D eigenvalue weighted by Gasteiger charge is 2.41. The summed E-state index contributed by atoms with van der Waals surface area (Å²) in [5.74, 6) is 1.05. The lowest BCUT2D eigenvalue weighted by molar-refractivity contribution is -0.130.